The van der Waals surface area contributed by atoms with E-state index in [4.69, 9.17) is 5.41 Å². The number of benzene rings is 3. The van der Waals surface area contributed by atoms with Crippen molar-refractivity contribution >= 4 is 33.6 Å². The molecule has 8 heteroatoms. The minimum absolute atomic E-state index is 0.0252. The summed E-state index contributed by atoms with van der Waals surface area (Å²) in [6, 6.07) is 18.5. The first kappa shape index (κ1) is 20.6. The molecule has 0 saturated carbocycles. The van der Waals surface area contributed by atoms with Crippen LogP contribution >= 0.6 is 15.9 Å². The Labute approximate surface area is 184 Å². The summed E-state index contributed by atoms with van der Waals surface area (Å²) >= 11 is 3.35. The van der Waals surface area contributed by atoms with Crippen molar-refractivity contribution in [3.05, 3.63) is 105 Å². The van der Waals surface area contributed by atoms with Gasteiger partial charge in [0.05, 0.1) is 11.3 Å². The van der Waals surface area contributed by atoms with Crippen LogP contribution in [0.25, 0.3) is 17.1 Å². The van der Waals surface area contributed by atoms with Crippen LogP contribution in [0.2, 0.25) is 0 Å². The van der Waals surface area contributed by atoms with Gasteiger partial charge in [0.25, 0.3) is 5.56 Å². The molecule has 5 nitrogen and oxygen atoms in total. The van der Waals surface area contributed by atoms with Gasteiger partial charge in [0.1, 0.15) is 23.0 Å². The molecule has 0 aliphatic heterocycles. The molecule has 1 heterocycles. The maximum Gasteiger partial charge on any atom is 0.269 e. The average molecular weight is 481 g/mol. The fourth-order valence-corrected chi connectivity index (χ4v) is 3.38. The van der Waals surface area contributed by atoms with Crippen molar-refractivity contribution in [3.63, 3.8) is 0 Å². The summed E-state index contributed by atoms with van der Waals surface area (Å²) in [6.07, 6.45) is 0.872. The number of rotatable bonds is 5. The Morgan fingerprint density at radius 3 is 2.42 bits per heavy atom. The minimum Gasteiger partial charge on any atom is -0.339 e. The van der Waals surface area contributed by atoms with Gasteiger partial charge in [-0.1, -0.05) is 34.1 Å². The first-order valence-electron chi connectivity index (χ1n) is 9.19. The molecule has 0 aliphatic rings. The molecule has 0 unspecified atom stereocenters. The number of anilines is 2. The van der Waals surface area contributed by atoms with E-state index < -0.39 is 17.2 Å². The molecular weight excluding hydrogens is 466 g/mol. The van der Waals surface area contributed by atoms with Crippen LogP contribution in [0, 0.1) is 17.0 Å². The summed E-state index contributed by atoms with van der Waals surface area (Å²) in [7, 11) is 0. The molecule has 2 N–H and O–H groups in total. The van der Waals surface area contributed by atoms with Gasteiger partial charge in [-0.2, -0.15) is 0 Å². The SMILES string of the molecule is N=Cc1c(Nc2cccc(F)c2)nc(-c2ccccc2F)n(-c2ccc(Br)cc2)c1=O. The number of nitrogens with zero attached hydrogens (tertiary/aromatic N) is 2. The maximum atomic E-state index is 14.7. The van der Waals surface area contributed by atoms with Gasteiger partial charge in [0.2, 0.25) is 0 Å². The Balaban J connectivity index is 2.01. The third kappa shape index (κ3) is 4.15. The lowest BCUT2D eigenvalue weighted by molar-refractivity contribution is 0.628. The number of nitrogens with one attached hydrogen (secondary N) is 2. The molecule has 3 aromatic carbocycles. The van der Waals surface area contributed by atoms with E-state index in [9.17, 15) is 13.6 Å². The second kappa shape index (κ2) is 8.61. The average Bonchev–Trinajstić information content (AvgIpc) is 2.75. The first-order chi connectivity index (χ1) is 15.0. The highest BCUT2D eigenvalue weighted by Crippen LogP contribution is 2.27. The van der Waals surface area contributed by atoms with Crippen LogP contribution in [0.15, 0.2) is 82.1 Å². The molecule has 0 atom stereocenters. The van der Waals surface area contributed by atoms with E-state index in [1.54, 1.807) is 42.5 Å². The van der Waals surface area contributed by atoms with Gasteiger partial charge in [-0.05, 0) is 54.6 Å². The van der Waals surface area contributed by atoms with Gasteiger partial charge in [-0.15, -0.1) is 0 Å². The van der Waals surface area contributed by atoms with Crippen molar-refractivity contribution < 1.29 is 8.78 Å². The predicted molar refractivity (Wildman–Crippen MR) is 120 cm³/mol. The van der Waals surface area contributed by atoms with Crippen LogP contribution in [0.4, 0.5) is 20.3 Å². The third-order valence-electron chi connectivity index (χ3n) is 4.55. The van der Waals surface area contributed by atoms with Crippen LogP contribution in [-0.2, 0) is 0 Å². The van der Waals surface area contributed by atoms with E-state index in [1.807, 2.05) is 0 Å². The molecule has 0 radical (unpaired) electrons. The molecule has 4 aromatic rings. The summed E-state index contributed by atoms with van der Waals surface area (Å²) in [5.74, 6) is -0.953. The number of hydrogen-bond donors (Lipinski definition) is 2. The fourth-order valence-electron chi connectivity index (χ4n) is 3.12. The minimum atomic E-state index is -0.565. The molecule has 4 rings (SSSR count). The molecule has 0 spiro atoms. The maximum absolute atomic E-state index is 14.7. The first-order valence-corrected chi connectivity index (χ1v) is 9.98. The Morgan fingerprint density at radius 2 is 1.74 bits per heavy atom. The molecule has 0 saturated heterocycles. The van der Waals surface area contributed by atoms with Crippen molar-refractivity contribution in [3.8, 4) is 17.1 Å². The lowest BCUT2D eigenvalue weighted by Gasteiger charge is -2.17. The molecule has 0 fully saturated rings. The van der Waals surface area contributed by atoms with Gasteiger partial charge in [0.15, 0.2) is 5.82 Å². The van der Waals surface area contributed by atoms with Crippen molar-refractivity contribution in [2.45, 2.75) is 0 Å². The molecular formula is C23H15BrF2N4O. The molecule has 31 heavy (non-hydrogen) atoms. The second-order valence-corrected chi connectivity index (χ2v) is 7.49. The quantitative estimate of drug-likeness (QED) is 0.361. The van der Waals surface area contributed by atoms with Gasteiger partial charge in [-0.25, -0.2) is 13.8 Å². The standard InChI is InChI=1S/C23H15BrF2N4O/c24-14-8-10-17(11-9-14)30-22(18-6-1-2-7-20(18)26)29-21(19(13-27)23(30)31)28-16-5-3-4-15(25)12-16/h1-13,27-28H. The van der Waals surface area contributed by atoms with Gasteiger partial charge in [0, 0.05) is 16.4 Å². The third-order valence-corrected chi connectivity index (χ3v) is 5.08. The van der Waals surface area contributed by atoms with Crippen LogP contribution in [0.5, 0.6) is 0 Å². The van der Waals surface area contributed by atoms with Crippen molar-refractivity contribution in [1.82, 2.24) is 9.55 Å². The highest BCUT2D eigenvalue weighted by atomic mass is 79.9. The van der Waals surface area contributed by atoms with E-state index in [-0.39, 0.29) is 22.8 Å². The van der Waals surface area contributed by atoms with E-state index in [2.05, 4.69) is 26.2 Å². The normalized spacial score (nSPS) is 10.7. The Morgan fingerprint density at radius 1 is 1.00 bits per heavy atom. The Kier molecular flexibility index (Phi) is 5.73. The molecule has 0 amide bonds. The summed E-state index contributed by atoms with van der Waals surface area (Å²) < 4.78 is 30.4. The van der Waals surface area contributed by atoms with Crippen LogP contribution < -0.4 is 10.9 Å². The number of hydrogen-bond acceptors (Lipinski definition) is 4. The summed E-state index contributed by atoms with van der Waals surface area (Å²) in [5, 5.41) is 10.6. The highest BCUT2D eigenvalue weighted by molar-refractivity contribution is 9.10. The number of aromatic nitrogens is 2. The summed E-state index contributed by atoms with van der Waals surface area (Å²) in [4.78, 5) is 17.9. The molecule has 0 bridgehead atoms. The highest BCUT2D eigenvalue weighted by Gasteiger charge is 2.20. The summed E-state index contributed by atoms with van der Waals surface area (Å²) in [5.41, 5.74) is 0.299. The predicted octanol–water partition coefficient (Wildman–Crippen LogP) is 5.68. The van der Waals surface area contributed by atoms with E-state index in [0.717, 1.165) is 10.7 Å². The monoisotopic (exact) mass is 480 g/mol. The van der Waals surface area contributed by atoms with Gasteiger partial charge < -0.3 is 10.7 Å². The van der Waals surface area contributed by atoms with E-state index in [1.165, 1.54) is 34.9 Å². The zero-order valence-electron chi connectivity index (χ0n) is 15.9. The number of halogens is 3. The van der Waals surface area contributed by atoms with Crippen LogP contribution in [0.1, 0.15) is 5.56 Å². The van der Waals surface area contributed by atoms with E-state index >= 15 is 0 Å². The Bertz CT molecular complexity index is 1340. The lowest BCUT2D eigenvalue weighted by Crippen LogP contribution is -2.27. The van der Waals surface area contributed by atoms with Crippen LogP contribution in [0.3, 0.4) is 0 Å². The van der Waals surface area contributed by atoms with Crippen molar-refractivity contribution in [2.24, 2.45) is 0 Å². The largest absolute Gasteiger partial charge is 0.339 e. The molecule has 154 valence electrons. The van der Waals surface area contributed by atoms with Crippen molar-refractivity contribution in [2.75, 3.05) is 5.32 Å². The second-order valence-electron chi connectivity index (χ2n) is 6.57. The van der Waals surface area contributed by atoms with Crippen molar-refractivity contribution in [1.29, 1.82) is 5.41 Å². The molecule has 1 aromatic heterocycles. The molecule has 0 aliphatic carbocycles. The Hall–Kier alpha value is -3.65. The zero-order valence-corrected chi connectivity index (χ0v) is 17.5. The topological polar surface area (TPSA) is 70.8 Å². The summed E-state index contributed by atoms with van der Waals surface area (Å²) in [6.45, 7) is 0. The van der Waals surface area contributed by atoms with Gasteiger partial charge in [-0.3, -0.25) is 9.36 Å². The fraction of sp³-hybridized carbons (Fsp3) is 0. The van der Waals surface area contributed by atoms with Gasteiger partial charge >= 0.3 is 0 Å². The smallest absolute Gasteiger partial charge is 0.269 e. The lowest BCUT2D eigenvalue weighted by atomic mass is 10.1. The zero-order chi connectivity index (χ0) is 22.0. The van der Waals surface area contributed by atoms with Crippen LogP contribution in [-0.4, -0.2) is 15.8 Å². The van der Waals surface area contributed by atoms with E-state index in [0.29, 0.717) is 11.4 Å².